The van der Waals surface area contributed by atoms with Gasteiger partial charge < -0.3 is 10.5 Å². The van der Waals surface area contributed by atoms with Crippen molar-refractivity contribution in [2.45, 2.75) is 38.6 Å². The molecule has 1 amide bonds. The van der Waals surface area contributed by atoms with Crippen LogP contribution in [-0.4, -0.2) is 43.8 Å². The smallest absolute Gasteiger partial charge is 0.421 e. The molecule has 8 nitrogen and oxygen atoms in total. The minimum absolute atomic E-state index is 0.0808. The highest BCUT2D eigenvalue weighted by molar-refractivity contribution is 7.87. The summed E-state index contributed by atoms with van der Waals surface area (Å²) in [7, 11) is -4.03. The van der Waals surface area contributed by atoms with Gasteiger partial charge in [-0.05, 0) is 19.8 Å². The van der Waals surface area contributed by atoms with Crippen molar-refractivity contribution >= 4 is 22.1 Å². The number of hydrogen-bond donors (Lipinski definition) is 3. The van der Waals surface area contributed by atoms with Gasteiger partial charge in [0.2, 0.25) is 0 Å². The minimum atomic E-state index is -4.03. The maximum Gasteiger partial charge on any atom is 0.421 e. The molecule has 110 valence electrons. The summed E-state index contributed by atoms with van der Waals surface area (Å²) in [5.74, 6) is -0.263. The molecule has 4 N–H and O–H groups in total. The molecular formula is C10H20N4O4S. The van der Waals surface area contributed by atoms with E-state index in [9.17, 15) is 13.2 Å². The van der Waals surface area contributed by atoms with Crippen molar-refractivity contribution in [2.75, 3.05) is 13.2 Å². The van der Waals surface area contributed by atoms with Crippen LogP contribution in [0.4, 0.5) is 4.79 Å². The lowest BCUT2D eigenvalue weighted by Crippen LogP contribution is -2.50. The van der Waals surface area contributed by atoms with E-state index in [2.05, 4.69) is 4.74 Å². The second kappa shape index (κ2) is 6.71. The Morgan fingerprint density at radius 1 is 1.47 bits per heavy atom. The average molecular weight is 292 g/mol. The van der Waals surface area contributed by atoms with Crippen LogP contribution in [0.1, 0.15) is 32.6 Å². The normalized spacial score (nSPS) is 16.5. The summed E-state index contributed by atoms with van der Waals surface area (Å²) < 4.78 is 31.6. The highest BCUT2D eigenvalue weighted by Crippen LogP contribution is 2.25. The molecule has 1 aliphatic rings. The molecule has 0 radical (unpaired) electrons. The molecule has 0 saturated heterocycles. The van der Waals surface area contributed by atoms with Gasteiger partial charge in [0.15, 0.2) is 0 Å². The van der Waals surface area contributed by atoms with Crippen LogP contribution in [0.15, 0.2) is 0 Å². The van der Waals surface area contributed by atoms with E-state index in [-0.39, 0.29) is 25.0 Å². The first-order chi connectivity index (χ1) is 8.86. The predicted molar refractivity (Wildman–Crippen MR) is 70.0 cm³/mol. The Bertz CT molecular complexity index is 431. The van der Waals surface area contributed by atoms with Gasteiger partial charge in [-0.1, -0.05) is 12.8 Å². The lowest BCUT2D eigenvalue weighted by atomic mass is 10.2. The molecule has 1 rings (SSSR count). The van der Waals surface area contributed by atoms with Gasteiger partial charge in [0.1, 0.15) is 5.84 Å². The second-order valence-electron chi connectivity index (χ2n) is 4.34. The molecule has 0 aromatic rings. The van der Waals surface area contributed by atoms with Gasteiger partial charge in [-0.25, -0.2) is 9.52 Å². The highest BCUT2D eigenvalue weighted by Gasteiger charge is 2.33. The summed E-state index contributed by atoms with van der Waals surface area (Å²) in [5.41, 5.74) is 5.28. The van der Waals surface area contributed by atoms with E-state index >= 15 is 0 Å². The molecule has 0 aromatic heterocycles. The molecule has 9 heteroatoms. The topological polar surface area (TPSA) is 126 Å². The van der Waals surface area contributed by atoms with Gasteiger partial charge in [0.05, 0.1) is 13.2 Å². The van der Waals surface area contributed by atoms with E-state index in [1.54, 1.807) is 6.92 Å². The van der Waals surface area contributed by atoms with Crippen molar-refractivity contribution in [3.63, 3.8) is 0 Å². The first kappa shape index (κ1) is 15.7. The molecule has 0 atom stereocenters. The third-order valence-electron chi connectivity index (χ3n) is 2.85. The van der Waals surface area contributed by atoms with Gasteiger partial charge in [-0.15, -0.1) is 0 Å². The number of amidine groups is 1. The van der Waals surface area contributed by atoms with Gasteiger partial charge >= 0.3 is 16.3 Å². The SMILES string of the molecule is CCOC(=O)NS(=O)(=O)N(CC(=N)N)C1CCCC1. The standard InChI is InChI=1S/C10H20N4O4S/c1-2-18-10(15)13-19(16,17)14(7-9(11)12)8-5-3-4-6-8/h8H,2-7H2,1H3,(H3,11,12)(H,13,15). The first-order valence-corrected chi connectivity index (χ1v) is 7.60. The molecule has 1 fully saturated rings. The molecule has 0 bridgehead atoms. The van der Waals surface area contributed by atoms with Crippen molar-refractivity contribution in [3.05, 3.63) is 0 Å². The van der Waals surface area contributed by atoms with Crippen LogP contribution < -0.4 is 10.5 Å². The van der Waals surface area contributed by atoms with Gasteiger partial charge in [0.25, 0.3) is 0 Å². The molecule has 0 aromatic carbocycles. The lowest BCUT2D eigenvalue weighted by Gasteiger charge is -2.27. The summed E-state index contributed by atoms with van der Waals surface area (Å²) in [6.07, 6.45) is 2.24. The summed E-state index contributed by atoms with van der Waals surface area (Å²) in [6, 6.07) is -0.226. The molecule has 1 saturated carbocycles. The van der Waals surface area contributed by atoms with Crippen molar-refractivity contribution in [1.29, 1.82) is 5.41 Å². The van der Waals surface area contributed by atoms with Crippen LogP contribution in [-0.2, 0) is 14.9 Å². The summed E-state index contributed by atoms with van der Waals surface area (Å²) in [5, 5.41) is 7.26. The molecule has 0 unspecified atom stereocenters. The molecule has 19 heavy (non-hydrogen) atoms. The maximum atomic E-state index is 12.1. The first-order valence-electron chi connectivity index (χ1n) is 6.16. The van der Waals surface area contributed by atoms with E-state index in [1.165, 1.54) is 0 Å². The molecular weight excluding hydrogens is 272 g/mol. The zero-order valence-corrected chi connectivity index (χ0v) is 11.7. The molecule has 1 aliphatic carbocycles. The van der Waals surface area contributed by atoms with Crippen molar-refractivity contribution in [3.8, 4) is 0 Å². The Kier molecular flexibility index (Phi) is 5.55. The Balaban J connectivity index is 2.82. The monoisotopic (exact) mass is 292 g/mol. The predicted octanol–water partition coefficient (Wildman–Crippen LogP) is 0.158. The van der Waals surface area contributed by atoms with E-state index in [4.69, 9.17) is 11.1 Å². The van der Waals surface area contributed by atoms with E-state index in [1.807, 2.05) is 4.72 Å². The fraction of sp³-hybridized carbons (Fsp3) is 0.800. The fourth-order valence-corrected chi connectivity index (χ4v) is 3.39. The number of carbonyl (C=O) groups is 1. The fourth-order valence-electron chi connectivity index (χ4n) is 2.09. The van der Waals surface area contributed by atoms with Crippen molar-refractivity contribution in [1.82, 2.24) is 9.03 Å². The Morgan fingerprint density at radius 2 is 2.05 bits per heavy atom. The van der Waals surface area contributed by atoms with E-state index in [0.717, 1.165) is 17.1 Å². The molecule has 0 spiro atoms. The Labute approximate surface area is 113 Å². The third kappa shape index (κ3) is 4.67. The van der Waals surface area contributed by atoms with Crippen LogP contribution in [0, 0.1) is 5.41 Å². The third-order valence-corrected chi connectivity index (χ3v) is 4.32. The van der Waals surface area contributed by atoms with Crippen LogP contribution >= 0.6 is 0 Å². The number of rotatable bonds is 6. The largest absolute Gasteiger partial charge is 0.449 e. The molecule has 0 heterocycles. The number of carbonyl (C=O) groups excluding carboxylic acids is 1. The number of nitrogens with two attached hydrogens (primary N) is 1. The zero-order valence-electron chi connectivity index (χ0n) is 10.9. The lowest BCUT2D eigenvalue weighted by molar-refractivity contribution is 0.157. The summed E-state index contributed by atoms with van der Waals surface area (Å²) in [6.45, 7) is 1.44. The van der Waals surface area contributed by atoms with E-state index in [0.29, 0.717) is 12.8 Å². The van der Waals surface area contributed by atoms with Gasteiger partial charge in [0, 0.05) is 6.04 Å². The highest BCUT2D eigenvalue weighted by atomic mass is 32.2. The van der Waals surface area contributed by atoms with Crippen LogP contribution in [0.5, 0.6) is 0 Å². The molecule has 0 aliphatic heterocycles. The Hall–Kier alpha value is -1.35. The number of nitrogens with one attached hydrogen (secondary N) is 2. The average Bonchev–Trinajstić information content (AvgIpc) is 2.77. The zero-order chi connectivity index (χ0) is 14.5. The van der Waals surface area contributed by atoms with Crippen molar-refractivity contribution < 1.29 is 17.9 Å². The number of amides is 1. The number of ether oxygens (including phenoxy) is 1. The van der Waals surface area contributed by atoms with Crippen LogP contribution in [0.2, 0.25) is 0 Å². The van der Waals surface area contributed by atoms with Gasteiger partial charge in [-0.2, -0.15) is 12.7 Å². The quantitative estimate of drug-likeness (QED) is 0.475. The van der Waals surface area contributed by atoms with Gasteiger partial charge in [-0.3, -0.25) is 5.41 Å². The number of nitrogens with zero attached hydrogens (tertiary/aromatic N) is 1. The minimum Gasteiger partial charge on any atom is -0.449 e. The Morgan fingerprint density at radius 3 is 2.53 bits per heavy atom. The second-order valence-corrected chi connectivity index (χ2v) is 5.96. The summed E-state index contributed by atoms with van der Waals surface area (Å²) in [4.78, 5) is 11.2. The van der Waals surface area contributed by atoms with Crippen LogP contribution in [0.25, 0.3) is 0 Å². The maximum absolute atomic E-state index is 12.1. The van der Waals surface area contributed by atoms with Crippen LogP contribution in [0.3, 0.4) is 0 Å². The summed E-state index contributed by atoms with van der Waals surface area (Å²) >= 11 is 0. The van der Waals surface area contributed by atoms with E-state index < -0.39 is 16.3 Å². The van der Waals surface area contributed by atoms with Crippen molar-refractivity contribution in [2.24, 2.45) is 5.73 Å². The number of hydrogen-bond acceptors (Lipinski definition) is 5.